The van der Waals surface area contributed by atoms with Crippen LogP contribution in [0.15, 0.2) is 46.2 Å². The number of aromatic nitrogens is 2. The lowest BCUT2D eigenvalue weighted by Gasteiger charge is -2.28. The number of carbonyl (C=O) groups excluding carboxylic acids is 2. The smallest absolute Gasteiger partial charge is 0.292 e. The van der Waals surface area contributed by atoms with Gasteiger partial charge in [-0.1, -0.05) is 18.2 Å². The Morgan fingerprint density at radius 3 is 2.72 bits per heavy atom. The number of para-hydroxylation sites is 1. The summed E-state index contributed by atoms with van der Waals surface area (Å²) in [6.45, 7) is -0.196. The molecule has 1 aliphatic carbocycles. The molecule has 1 saturated carbocycles. The maximum Gasteiger partial charge on any atom is 0.292 e. The molecule has 1 aromatic heterocycles. The van der Waals surface area contributed by atoms with E-state index in [0.29, 0.717) is 22.0 Å². The maximum atomic E-state index is 12.8. The van der Waals surface area contributed by atoms with Crippen LogP contribution in [0.2, 0.25) is 0 Å². The molecule has 2 amide bonds. The molecule has 4 rings (SSSR count). The topological polar surface area (TPSA) is 84.3 Å². The van der Waals surface area contributed by atoms with E-state index in [0.717, 1.165) is 17.5 Å². The zero-order valence-corrected chi connectivity index (χ0v) is 14.2. The molecule has 0 spiro atoms. The Morgan fingerprint density at radius 1 is 1.24 bits per heavy atom. The molecule has 1 aromatic carbocycles. The van der Waals surface area contributed by atoms with Crippen LogP contribution in [0.1, 0.15) is 12.8 Å². The van der Waals surface area contributed by atoms with Gasteiger partial charge in [0.15, 0.2) is 0 Å². The lowest BCUT2D eigenvalue weighted by atomic mass is 10.3. The molecule has 8 heteroatoms. The molecular formula is C17H16N4O3S. The minimum atomic E-state index is -0.395. The van der Waals surface area contributed by atoms with Crippen molar-refractivity contribution in [1.82, 2.24) is 9.78 Å². The average molecular weight is 356 g/mol. The molecule has 7 nitrogen and oxygen atoms in total. The molecule has 128 valence electrons. The molecule has 0 radical (unpaired) electrons. The monoisotopic (exact) mass is 356 g/mol. The number of benzene rings is 1. The Hall–Kier alpha value is -2.61. The molecule has 1 aliphatic heterocycles. The summed E-state index contributed by atoms with van der Waals surface area (Å²) in [5.41, 5.74) is 0.628. The van der Waals surface area contributed by atoms with E-state index in [9.17, 15) is 14.4 Å². The lowest BCUT2D eigenvalue weighted by Crippen LogP contribution is -2.43. The third-order valence-corrected chi connectivity index (χ3v) is 5.11. The second-order valence-corrected chi connectivity index (χ2v) is 7.04. The molecule has 25 heavy (non-hydrogen) atoms. The van der Waals surface area contributed by atoms with Gasteiger partial charge in [0.2, 0.25) is 11.8 Å². The molecule has 2 heterocycles. The molecule has 1 N–H and O–H groups in total. The quantitative estimate of drug-likeness (QED) is 0.897. The minimum Gasteiger partial charge on any atom is -0.324 e. The van der Waals surface area contributed by atoms with Crippen LogP contribution in [0.25, 0.3) is 0 Å². The van der Waals surface area contributed by atoms with Crippen molar-refractivity contribution in [2.45, 2.75) is 30.3 Å². The van der Waals surface area contributed by atoms with Crippen LogP contribution >= 0.6 is 11.8 Å². The first-order valence-corrected chi connectivity index (χ1v) is 9.02. The van der Waals surface area contributed by atoms with E-state index in [2.05, 4.69) is 10.4 Å². The Balaban J connectivity index is 1.60. The Labute approximate surface area is 148 Å². The van der Waals surface area contributed by atoms with Crippen molar-refractivity contribution < 1.29 is 9.59 Å². The second-order valence-electron chi connectivity index (χ2n) is 6.02. The van der Waals surface area contributed by atoms with Crippen molar-refractivity contribution in [2.75, 3.05) is 16.0 Å². The van der Waals surface area contributed by atoms with Crippen molar-refractivity contribution in [1.29, 1.82) is 0 Å². The molecule has 2 aliphatic rings. The van der Waals surface area contributed by atoms with Crippen molar-refractivity contribution in [2.24, 2.45) is 0 Å². The predicted molar refractivity (Wildman–Crippen MR) is 94.8 cm³/mol. The summed E-state index contributed by atoms with van der Waals surface area (Å²) in [7, 11) is 0. The number of hydrogen-bond acceptors (Lipinski definition) is 5. The number of anilines is 2. The normalized spacial score (nSPS) is 16.5. The summed E-state index contributed by atoms with van der Waals surface area (Å²) in [5, 5.41) is 6.83. The largest absolute Gasteiger partial charge is 0.324 e. The van der Waals surface area contributed by atoms with E-state index in [-0.39, 0.29) is 24.4 Å². The molecule has 1 fully saturated rings. The number of fused-ring (bicyclic) bond motifs is 1. The molecule has 2 aromatic rings. The van der Waals surface area contributed by atoms with Crippen LogP contribution in [0.5, 0.6) is 0 Å². The summed E-state index contributed by atoms with van der Waals surface area (Å²) in [6.07, 6.45) is 3.39. The SMILES string of the molecule is O=C(Cn1ncc2c(c1=O)N(C1CC1)C(=O)CS2)Nc1ccccc1. The first kappa shape index (κ1) is 15.9. The Kier molecular flexibility index (Phi) is 4.04. The molecule has 0 atom stereocenters. The number of nitrogens with one attached hydrogen (secondary N) is 1. The van der Waals surface area contributed by atoms with Gasteiger partial charge >= 0.3 is 0 Å². The van der Waals surface area contributed by atoms with E-state index >= 15 is 0 Å². The highest BCUT2D eigenvalue weighted by atomic mass is 32.2. The molecular weight excluding hydrogens is 340 g/mol. The van der Waals surface area contributed by atoms with E-state index in [1.54, 1.807) is 23.2 Å². The second kappa shape index (κ2) is 6.36. The Morgan fingerprint density at radius 2 is 2.00 bits per heavy atom. The highest BCUT2D eigenvalue weighted by Crippen LogP contribution is 2.38. The summed E-state index contributed by atoms with van der Waals surface area (Å²) in [4.78, 5) is 39.5. The van der Waals surface area contributed by atoms with E-state index in [1.165, 1.54) is 11.8 Å². The van der Waals surface area contributed by atoms with Crippen LogP contribution in [-0.2, 0) is 16.1 Å². The predicted octanol–water partition coefficient (Wildman–Crippen LogP) is 1.48. The van der Waals surface area contributed by atoms with Gasteiger partial charge in [-0.3, -0.25) is 14.4 Å². The lowest BCUT2D eigenvalue weighted by molar-refractivity contribution is -0.117. The Bertz CT molecular complexity index is 893. The van der Waals surface area contributed by atoms with Crippen molar-refractivity contribution in [3.8, 4) is 0 Å². The zero-order valence-electron chi connectivity index (χ0n) is 13.3. The highest BCUT2D eigenvalue weighted by Gasteiger charge is 2.39. The number of thioether (sulfide) groups is 1. The third-order valence-electron chi connectivity index (χ3n) is 4.11. The molecule has 0 saturated heterocycles. The molecule has 0 bridgehead atoms. The van der Waals surface area contributed by atoms with Gasteiger partial charge in [0.25, 0.3) is 5.56 Å². The van der Waals surface area contributed by atoms with Crippen LogP contribution in [-0.4, -0.2) is 33.4 Å². The van der Waals surface area contributed by atoms with Gasteiger partial charge in [-0.2, -0.15) is 5.10 Å². The van der Waals surface area contributed by atoms with Gasteiger partial charge in [0, 0.05) is 11.7 Å². The fourth-order valence-corrected chi connectivity index (χ4v) is 3.68. The summed E-state index contributed by atoms with van der Waals surface area (Å²) < 4.78 is 1.12. The maximum absolute atomic E-state index is 12.8. The van der Waals surface area contributed by atoms with Gasteiger partial charge in [-0.05, 0) is 25.0 Å². The van der Waals surface area contributed by atoms with E-state index < -0.39 is 5.56 Å². The average Bonchev–Trinajstić information content (AvgIpc) is 3.43. The van der Waals surface area contributed by atoms with Gasteiger partial charge in [0.05, 0.1) is 16.8 Å². The van der Waals surface area contributed by atoms with Crippen molar-refractivity contribution in [3.63, 3.8) is 0 Å². The van der Waals surface area contributed by atoms with Crippen LogP contribution in [0, 0.1) is 0 Å². The van der Waals surface area contributed by atoms with E-state index in [4.69, 9.17) is 0 Å². The summed E-state index contributed by atoms with van der Waals surface area (Å²) in [6, 6.07) is 9.13. The minimum absolute atomic E-state index is 0.0522. The van der Waals surface area contributed by atoms with Crippen molar-refractivity contribution in [3.05, 3.63) is 46.9 Å². The number of amides is 2. The number of carbonyl (C=O) groups is 2. The fraction of sp³-hybridized carbons (Fsp3) is 0.294. The van der Waals surface area contributed by atoms with Gasteiger partial charge in [-0.25, -0.2) is 4.68 Å². The summed E-state index contributed by atoms with van der Waals surface area (Å²) in [5.74, 6) is -0.0690. The van der Waals surface area contributed by atoms with Crippen molar-refractivity contribution >= 4 is 35.0 Å². The summed E-state index contributed by atoms with van der Waals surface area (Å²) >= 11 is 1.32. The number of rotatable bonds is 4. The van der Waals surface area contributed by atoms with Crippen LogP contribution in [0.3, 0.4) is 0 Å². The first-order valence-electron chi connectivity index (χ1n) is 8.03. The standard InChI is InChI=1S/C17H16N4O3S/c22-14(19-11-4-2-1-3-5-11)9-20-17(24)16-13(8-18-20)25-10-15(23)21(16)12-6-7-12/h1-5,8,12H,6-7,9-10H2,(H,19,22). The zero-order chi connectivity index (χ0) is 17.4. The number of hydrogen-bond donors (Lipinski definition) is 1. The third kappa shape index (κ3) is 3.17. The highest BCUT2D eigenvalue weighted by molar-refractivity contribution is 8.00. The van der Waals surface area contributed by atoms with Crippen LogP contribution < -0.4 is 15.8 Å². The van der Waals surface area contributed by atoms with Gasteiger partial charge in [-0.15, -0.1) is 11.8 Å². The van der Waals surface area contributed by atoms with Gasteiger partial charge < -0.3 is 10.2 Å². The van der Waals surface area contributed by atoms with Gasteiger partial charge in [0.1, 0.15) is 12.2 Å². The van der Waals surface area contributed by atoms with E-state index in [1.807, 2.05) is 18.2 Å². The molecule has 0 unspecified atom stereocenters. The van der Waals surface area contributed by atoms with Crippen LogP contribution in [0.4, 0.5) is 11.4 Å². The first-order chi connectivity index (χ1) is 12.1. The number of nitrogens with zero attached hydrogens (tertiary/aromatic N) is 3. The fourth-order valence-electron chi connectivity index (χ4n) is 2.81.